The number of nitrogens with zero attached hydrogens (tertiary/aromatic N) is 2. The molecule has 2 aliphatic heterocycles. The van der Waals surface area contributed by atoms with E-state index in [1.165, 1.54) is 0 Å². The third-order valence-electron chi connectivity index (χ3n) is 14.9. The van der Waals surface area contributed by atoms with Crippen LogP contribution in [0.5, 0.6) is 0 Å². The van der Waals surface area contributed by atoms with Gasteiger partial charge in [-0.15, -0.1) is 0 Å². The molecule has 1 saturated heterocycles. The Kier molecular flexibility index (Phi) is 10.4. The van der Waals surface area contributed by atoms with Gasteiger partial charge in [-0.25, -0.2) is 4.58 Å². The van der Waals surface area contributed by atoms with Crippen LogP contribution in [-0.4, -0.2) is 87.1 Å². The van der Waals surface area contributed by atoms with E-state index in [4.69, 9.17) is 0 Å². The van der Waals surface area contributed by atoms with Gasteiger partial charge in [-0.3, -0.25) is 9.69 Å². The molecule has 306 valence electrons. The average molecular weight is 794 g/mol. The van der Waals surface area contributed by atoms with E-state index in [2.05, 4.69) is 0 Å². The summed E-state index contributed by atoms with van der Waals surface area (Å²) in [7, 11) is 0. The van der Waals surface area contributed by atoms with Gasteiger partial charge in [0.1, 0.15) is 0 Å². The molecule has 5 saturated carbocycles. The van der Waals surface area contributed by atoms with Crippen molar-refractivity contribution in [2.24, 2.45) is 47.3 Å². The largest absolute Gasteiger partial charge is 0.392 e. The van der Waals surface area contributed by atoms with Gasteiger partial charge in [-0.2, -0.15) is 52.7 Å². The SMILES string of the molecule is CC1=[N+](C2CC(C(F)(F)F)CC(C(F)(F)F)C2)C2CCCCC2/C1=C1/C(=O)C(C2C3CCCCC3N(C3CC(C(F)(F)F)CC(C(F)(F)F)C3)C2C)C1O. The Labute approximate surface area is 306 Å². The van der Waals surface area contributed by atoms with Gasteiger partial charge >= 0.3 is 24.7 Å². The molecule has 12 unspecified atom stereocenters. The second kappa shape index (κ2) is 13.9. The van der Waals surface area contributed by atoms with E-state index in [0.717, 1.165) is 19.3 Å². The van der Waals surface area contributed by atoms with Gasteiger partial charge in [-0.05, 0) is 70.1 Å². The Hall–Kier alpha value is -1.84. The van der Waals surface area contributed by atoms with Gasteiger partial charge in [0.05, 0.1) is 41.6 Å². The number of ketones is 1. The smallest absolute Gasteiger partial charge is 0.387 e. The van der Waals surface area contributed by atoms with Gasteiger partial charge in [0.15, 0.2) is 23.6 Å². The van der Waals surface area contributed by atoms with E-state index in [1.807, 2.05) is 0 Å². The maximum atomic E-state index is 14.4. The van der Waals surface area contributed by atoms with Crippen LogP contribution in [0.15, 0.2) is 11.1 Å². The van der Waals surface area contributed by atoms with Crippen molar-refractivity contribution in [2.45, 2.75) is 165 Å². The lowest BCUT2D eigenvalue weighted by molar-refractivity contribution is -0.610. The number of halogens is 12. The zero-order chi connectivity index (χ0) is 39.4. The van der Waals surface area contributed by atoms with Gasteiger partial charge in [0, 0.05) is 55.5 Å². The molecule has 5 aliphatic carbocycles. The van der Waals surface area contributed by atoms with Crippen molar-refractivity contribution >= 4 is 11.5 Å². The summed E-state index contributed by atoms with van der Waals surface area (Å²) in [5, 5.41) is 11.9. The predicted molar refractivity (Wildman–Crippen MR) is 172 cm³/mol. The first-order chi connectivity index (χ1) is 25.0. The van der Waals surface area contributed by atoms with Crippen molar-refractivity contribution in [3.05, 3.63) is 11.1 Å². The van der Waals surface area contributed by atoms with Gasteiger partial charge in [-0.1, -0.05) is 19.3 Å². The molecule has 0 bridgehead atoms. The lowest BCUT2D eigenvalue weighted by atomic mass is 9.59. The standard InChI is InChI=1S/C38H49F12N2O2/c1-17-29(25-7-3-5-9-27(25)51(17)23-13-19(35(39,40)41)11-20(14-23)36(42,43)44)31-33(53)32(34(31)54)30-18(2)52(28-10-6-4-8-26(28)30)24-15-21(37(45,46)47)12-22(16-24)38(48,49)50/h17,19-29,31,33,53H,3-16H2,1-2H3/q+1/b32-30+. The molecule has 7 rings (SSSR count). The highest BCUT2D eigenvalue weighted by Crippen LogP contribution is 2.57. The van der Waals surface area contributed by atoms with Crippen LogP contribution in [0.4, 0.5) is 52.7 Å². The molecule has 6 fully saturated rings. The zero-order valence-corrected chi connectivity index (χ0v) is 30.3. The predicted octanol–water partition coefficient (Wildman–Crippen LogP) is 9.59. The maximum Gasteiger partial charge on any atom is 0.392 e. The minimum Gasteiger partial charge on any atom is -0.387 e. The van der Waals surface area contributed by atoms with Crippen molar-refractivity contribution in [3.63, 3.8) is 0 Å². The molecule has 0 aromatic carbocycles. The number of aliphatic hydroxyl groups is 1. The van der Waals surface area contributed by atoms with E-state index in [9.17, 15) is 62.6 Å². The van der Waals surface area contributed by atoms with Crippen LogP contribution in [0, 0.1) is 47.3 Å². The van der Waals surface area contributed by atoms with Crippen LogP contribution >= 0.6 is 0 Å². The number of carbonyl (C=O) groups excluding carboxylic acids is 1. The average Bonchev–Trinajstić information content (AvgIpc) is 3.52. The molecule has 2 heterocycles. The Balaban J connectivity index is 1.21. The molecular weight excluding hydrogens is 744 g/mol. The molecule has 54 heavy (non-hydrogen) atoms. The van der Waals surface area contributed by atoms with Gasteiger partial charge < -0.3 is 5.11 Å². The monoisotopic (exact) mass is 793 g/mol. The molecule has 0 aromatic rings. The molecule has 1 N–H and O–H groups in total. The third kappa shape index (κ3) is 6.94. The number of hydrogen-bond acceptors (Lipinski definition) is 3. The lowest BCUT2D eigenvalue weighted by Gasteiger charge is -2.46. The maximum absolute atomic E-state index is 14.4. The highest BCUT2D eigenvalue weighted by Gasteiger charge is 2.64. The Morgan fingerprint density at radius 3 is 1.65 bits per heavy atom. The molecule has 0 aromatic heterocycles. The van der Waals surface area contributed by atoms with E-state index in [-0.39, 0.29) is 29.2 Å². The van der Waals surface area contributed by atoms with Crippen molar-refractivity contribution < 1.29 is 67.2 Å². The fourth-order valence-electron chi connectivity index (χ4n) is 12.7. The first-order valence-electron chi connectivity index (χ1n) is 19.6. The first kappa shape index (κ1) is 40.4. The van der Waals surface area contributed by atoms with Crippen LogP contribution in [0.1, 0.15) is 104 Å². The number of carbonyl (C=O) groups is 1. The molecule has 0 spiro atoms. The molecule has 16 heteroatoms. The number of likely N-dealkylation sites (tertiary alicyclic amines) is 1. The van der Waals surface area contributed by atoms with Gasteiger partial charge in [0.2, 0.25) is 0 Å². The normalized spacial score (nSPS) is 44.3. The second-order valence-corrected chi connectivity index (χ2v) is 17.6. The summed E-state index contributed by atoms with van der Waals surface area (Å²) < 4.78 is 170. The van der Waals surface area contributed by atoms with Crippen LogP contribution in [0.3, 0.4) is 0 Å². The highest BCUT2D eigenvalue weighted by atomic mass is 19.4. The molecule has 7 aliphatic rings. The Bertz CT molecular complexity index is 1470. The summed E-state index contributed by atoms with van der Waals surface area (Å²) in [5.74, 6) is -11.1. The summed E-state index contributed by atoms with van der Waals surface area (Å²) in [4.78, 5) is 16.2. The van der Waals surface area contributed by atoms with Crippen LogP contribution in [-0.2, 0) is 4.79 Å². The number of rotatable bonds is 3. The fraction of sp³-hybridized carbons (Fsp3) is 0.895. The van der Waals surface area contributed by atoms with Crippen molar-refractivity contribution in [1.82, 2.24) is 4.90 Å². The Morgan fingerprint density at radius 2 is 1.13 bits per heavy atom. The number of aliphatic hydroxyl groups excluding tert-OH is 1. The van der Waals surface area contributed by atoms with Gasteiger partial charge in [0.25, 0.3) is 0 Å². The summed E-state index contributed by atoms with van der Waals surface area (Å²) >= 11 is 0. The number of Topliss-reactive ketones (excluding diaryl/α,β-unsaturated/α-hetero) is 1. The topological polar surface area (TPSA) is 43.5 Å². The Morgan fingerprint density at radius 1 is 0.648 bits per heavy atom. The van der Waals surface area contributed by atoms with Crippen molar-refractivity contribution in [2.75, 3.05) is 0 Å². The van der Waals surface area contributed by atoms with Crippen LogP contribution in [0.25, 0.3) is 0 Å². The summed E-state index contributed by atoms with van der Waals surface area (Å²) in [6.45, 7) is 3.35. The van der Waals surface area contributed by atoms with E-state index in [0.29, 0.717) is 43.4 Å². The third-order valence-corrected chi connectivity index (χ3v) is 14.9. The molecule has 0 radical (unpaired) electrons. The van der Waals surface area contributed by atoms with E-state index >= 15 is 0 Å². The minimum atomic E-state index is -4.82. The van der Waals surface area contributed by atoms with E-state index in [1.54, 1.807) is 23.3 Å². The lowest BCUT2D eigenvalue weighted by Crippen LogP contribution is -2.55. The minimum absolute atomic E-state index is 0.109. The number of fused-ring (bicyclic) bond motifs is 2. The fourth-order valence-corrected chi connectivity index (χ4v) is 12.7. The van der Waals surface area contributed by atoms with E-state index < -0.39 is 129 Å². The first-order valence-corrected chi connectivity index (χ1v) is 19.6. The summed E-state index contributed by atoms with van der Waals surface area (Å²) in [6.07, 6.45) is -19.5. The quantitative estimate of drug-likeness (QED) is 0.176. The van der Waals surface area contributed by atoms with Crippen molar-refractivity contribution in [1.29, 1.82) is 0 Å². The highest BCUT2D eigenvalue weighted by molar-refractivity contribution is 6.13. The molecule has 12 atom stereocenters. The summed E-state index contributed by atoms with van der Waals surface area (Å²) in [5.41, 5.74) is 1.01. The molecule has 4 nitrogen and oxygen atoms in total. The summed E-state index contributed by atoms with van der Waals surface area (Å²) in [6, 6.07) is -3.48. The van der Waals surface area contributed by atoms with Crippen LogP contribution < -0.4 is 0 Å². The van der Waals surface area contributed by atoms with Crippen molar-refractivity contribution in [3.8, 4) is 0 Å². The zero-order valence-electron chi connectivity index (χ0n) is 30.3. The van der Waals surface area contributed by atoms with Crippen LogP contribution in [0.2, 0.25) is 0 Å². The second-order valence-electron chi connectivity index (χ2n) is 17.6. The number of hydrogen-bond donors (Lipinski definition) is 1. The number of alkyl halides is 12. The molecule has 0 amide bonds. The molecular formula is C38H49F12N2O2+.